The van der Waals surface area contributed by atoms with Crippen LogP contribution in [0.4, 0.5) is 0 Å². The van der Waals surface area contributed by atoms with Crippen molar-refractivity contribution in [2.45, 2.75) is 41.7 Å². The number of rotatable bonds is 5. The molecular weight excluding hydrogens is 372 g/mol. The summed E-state index contributed by atoms with van der Waals surface area (Å²) in [6.07, 6.45) is 3.65. The van der Waals surface area contributed by atoms with Crippen molar-refractivity contribution in [1.29, 1.82) is 0 Å². The van der Waals surface area contributed by atoms with Gasteiger partial charge in [0.25, 0.3) is 0 Å². The maximum Gasteiger partial charge on any atom is 0.195 e. The summed E-state index contributed by atoms with van der Waals surface area (Å²) in [6.45, 7) is 0. The van der Waals surface area contributed by atoms with E-state index in [-0.39, 0.29) is 17.1 Å². The summed E-state index contributed by atoms with van der Waals surface area (Å²) < 4.78 is 25.8. The molecule has 0 N–H and O–H groups in total. The average molecular weight is 394 g/mol. The molecule has 0 aromatic heterocycles. The Balaban J connectivity index is 1.81. The van der Waals surface area contributed by atoms with Gasteiger partial charge in [-0.2, -0.15) is 0 Å². The van der Waals surface area contributed by atoms with Crippen LogP contribution in [0.3, 0.4) is 0 Å². The lowest BCUT2D eigenvalue weighted by atomic mass is 9.68. The fourth-order valence-electron chi connectivity index (χ4n) is 4.51. The van der Waals surface area contributed by atoms with Crippen molar-refractivity contribution in [3.63, 3.8) is 0 Å². The Hall–Kier alpha value is -2.53. The number of sulfone groups is 1. The normalized spacial score (nSPS) is 24.7. The summed E-state index contributed by atoms with van der Waals surface area (Å²) in [4.78, 5) is 26.0. The zero-order valence-corrected chi connectivity index (χ0v) is 16.3. The van der Waals surface area contributed by atoms with Gasteiger partial charge in [-0.15, -0.1) is 0 Å². The number of hydrogen-bond donors (Lipinski definition) is 0. The van der Waals surface area contributed by atoms with E-state index in [2.05, 4.69) is 0 Å². The molecule has 0 radical (unpaired) electrons. The van der Waals surface area contributed by atoms with Crippen molar-refractivity contribution < 1.29 is 18.0 Å². The number of aryl methyl sites for hydroxylation is 1. The first kappa shape index (κ1) is 18.8. The van der Waals surface area contributed by atoms with Crippen molar-refractivity contribution >= 4 is 21.4 Å². The van der Waals surface area contributed by atoms with Crippen molar-refractivity contribution in [3.8, 4) is 0 Å². The lowest BCUT2D eigenvalue weighted by Crippen LogP contribution is -2.57. The lowest BCUT2D eigenvalue weighted by Gasteiger charge is -2.42. The first-order valence-electron chi connectivity index (χ1n) is 9.59. The van der Waals surface area contributed by atoms with Crippen LogP contribution in [0.25, 0.3) is 0 Å². The van der Waals surface area contributed by atoms with E-state index in [0.717, 1.165) is 5.56 Å². The highest BCUT2D eigenvalue weighted by Crippen LogP contribution is 2.48. The summed E-state index contributed by atoms with van der Waals surface area (Å²) in [5, 5.41) is 0. The van der Waals surface area contributed by atoms with Crippen molar-refractivity contribution in [1.82, 2.24) is 0 Å². The minimum Gasteiger partial charge on any atom is -0.297 e. The lowest BCUT2D eigenvalue weighted by molar-refractivity contribution is -0.134. The Bertz CT molecular complexity index is 1040. The van der Waals surface area contributed by atoms with E-state index in [1.54, 1.807) is 18.2 Å². The molecule has 0 spiro atoms. The van der Waals surface area contributed by atoms with Gasteiger partial charge in [0.15, 0.2) is 26.2 Å². The van der Waals surface area contributed by atoms with E-state index >= 15 is 0 Å². The molecule has 0 heterocycles. The second-order valence-electron chi connectivity index (χ2n) is 7.51. The van der Waals surface area contributed by atoms with Crippen molar-refractivity contribution in [2.75, 3.05) is 0 Å². The summed E-state index contributed by atoms with van der Waals surface area (Å²) in [5.41, 5.74) is 1.50. The van der Waals surface area contributed by atoms with Crippen LogP contribution in [0, 0.1) is 5.92 Å². The van der Waals surface area contributed by atoms with Crippen LogP contribution >= 0.6 is 0 Å². The highest BCUT2D eigenvalue weighted by molar-refractivity contribution is 7.94. The smallest absolute Gasteiger partial charge is 0.195 e. The maximum absolute atomic E-state index is 13.7. The van der Waals surface area contributed by atoms with Gasteiger partial charge in [-0.3, -0.25) is 9.59 Å². The van der Waals surface area contributed by atoms with Gasteiger partial charge in [-0.1, -0.05) is 48.5 Å². The second kappa shape index (κ2) is 7.13. The van der Waals surface area contributed by atoms with E-state index in [4.69, 9.17) is 0 Å². The number of allylic oxidation sites excluding steroid dienone is 1. The Labute approximate surface area is 165 Å². The van der Waals surface area contributed by atoms with Crippen LogP contribution in [0.5, 0.6) is 0 Å². The van der Waals surface area contributed by atoms with Crippen LogP contribution in [0.1, 0.15) is 31.2 Å². The van der Waals surface area contributed by atoms with Crippen molar-refractivity contribution in [3.05, 3.63) is 77.9 Å². The van der Waals surface area contributed by atoms with E-state index < -0.39 is 26.3 Å². The molecule has 0 amide bonds. The maximum atomic E-state index is 13.7. The predicted molar refractivity (Wildman–Crippen MR) is 107 cm³/mol. The van der Waals surface area contributed by atoms with E-state index in [1.165, 1.54) is 18.2 Å². The molecule has 1 fully saturated rings. The molecule has 4 rings (SSSR count). The number of benzene rings is 2. The van der Waals surface area contributed by atoms with Crippen LogP contribution in [-0.4, -0.2) is 24.7 Å². The third-order valence-electron chi connectivity index (χ3n) is 5.95. The SMILES string of the molecule is O=C1C=C(CCc2ccccc2)C2(S(=O)(=O)c3ccccc3)CCCC1C2=O. The van der Waals surface area contributed by atoms with Gasteiger partial charge < -0.3 is 0 Å². The monoisotopic (exact) mass is 394 g/mol. The molecule has 2 aromatic rings. The van der Waals surface area contributed by atoms with Gasteiger partial charge in [0.05, 0.1) is 10.8 Å². The van der Waals surface area contributed by atoms with E-state index in [9.17, 15) is 18.0 Å². The van der Waals surface area contributed by atoms with E-state index in [1.807, 2.05) is 30.3 Å². The summed E-state index contributed by atoms with van der Waals surface area (Å²) >= 11 is 0. The zero-order valence-electron chi connectivity index (χ0n) is 15.5. The topological polar surface area (TPSA) is 68.3 Å². The minimum atomic E-state index is -3.95. The third-order valence-corrected chi connectivity index (χ3v) is 8.43. The Kier molecular flexibility index (Phi) is 4.79. The number of ketones is 2. The standard InChI is InChI=1S/C23H22O4S/c24-21-16-18(14-13-17-8-3-1-4-9-17)23(15-7-12-20(21)22(23)25)28(26,27)19-10-5-2-6-11-19/h1-6,8-11,16,20H,7,12-15H2. The molecule has 0 aliphatic heterocycles. The largest absolute Gasteiger partial charge is 0.297 e. The fourth-order valence-corrected chi connectivity index (χ4v) is 6.75. The van der Waals surface area contributed by atoms with Crippen LogP contribution in [0.15, 0.2) is 77.2 Å². The number of fused-ring (bicyclic) bond motifs is 2. The molecule has 2 unspecified atom stereocenters. The first-order valence-corrected chi connectivity index (χ1v) is 11.1. The van der Waals surface area contributed by atoms with Crippen LogP contribution in [0.2, 0.25) is 0 Å². The Morgan fingerprint density at radius 1 is 0.893 bits per heavy atom. The molecule has 144 valence electrons. The highest BCUT2D eigenvalue weighted by atomic mass is 32.2. The van der Waals surface area contributed by atoms with Crippen molar-refractivity contribution in [2.24, 2.45) is 5.92 Å². The molecule has 4 nitrogen and oxygen atoms in total. The van der Waals surface area contributed by atoms with Crippen LogP contribution < -0.4 is 0 Å². The van der Waals surface area contributed by atoms with Gasteiger partial charge in [0, 0.05) is 0 Å². The molecule has 2 bridgehead atoms. The van der Waals surface area contributed by atoms with Gasteiger partial charge in [0.1, 0.15) is 0 Å². The summed E-state index contributed by atoms with van der Waals surface area (Å²) in [7, 11) is -3.95. The molecule has 2 atom stereocenters. The molecule has 28 heavy (non-hydrogen) atoms. The average Bonchev–Trinajstić information content (AvgIpc) is 2.71. The number of hydrogen-bond acceptors (Lipinski definition) is 4. The summed E-state index contributed by atoms with van der Waals surface area (Å²) in [5.74, 6) is -1.50. The molecule has 2 aliphatic carbocycles. The molecule has 5 heteroatoms. The molecule has 1 saturated carbocycles. The van der Waals surface area contributed by atoms with Gasteiger partial charge in [0.2, 0.25) is 0 Å². The zero-order chi connectivity index (χ0) is 19.8. The third kappa shape index (κ3) is 2.85. The molecule has 0 saturated heterocycles. The first-order chi connectivity index (χ1) is 13.5. The summed E-state index contributed by atoms with van der Waals surface area (Å²) in [6, 6.07) is 17.8. The fraction of sp³-hybridized carbons (Fsp3) is 0.304. The predicted octanol–water partition coefficient (Wildman–Crippen LogP) is 3.71. The number of carbonyl (C=O) groups excluding carboxylic acids is 2. The minimum absolute atomic E-state index is 0.143. The quantitative estimate of drug-likeness (QED) is 0.725. The number of Topliss-reactive ketones (excluding diaryl/α,β-unsaturated/α-hetero) is 1. The van der Waals surface area contributed by atoms with E-state index in [0.29, 0.717) is 31.3 Å². The molecule has 2 aliphatic rings. The van der Waals surface area contributed by atoms with Gasteiger partial charge in [-0.05, 0) is 61.4 Å². The van der Waals surface area contributed by atoms with Gasteiger partial charge in [-0.25, -0.2) is 8.42 Å². The second-order valence-corrected chi connectivity index (χ2v) is 9.69. The molecule has 2 aromatic carbocycles. The Morgan fingerprint density at radius 2 is 1.54 bits per heavy atom. The van der Waals surface area contributed by atoms with Gasteiger partial charge >= 0.3 is 0 Å². The highest BCUT2D eigenvalue weighted by Gasteiger charge is 2.60. The molecular formula is C23H22O4S. The van der Waals surface area contributed by atoms with Crippen LogP contribution in [-0.2, 0) is 25.8 Å². The number of carbonyl (C=O) groups is 2. The Morgan fingerprint density at radius 3 is 2.21 bits per heavy atom.